The molecule has 0 bridgehead atoms. The molecule has 1 unspecified atom stereocenters. The first-order valence-electron chi connectivity index (χ1n) is 7.76. The Kier molecular flexibility index (Phi) is 36.1. The molecule has 0 fully saturated rings. The van der Waals surface area contributed by atoms with Crippen molar-refractivity contribution in [2.75, 3.05) is 19.8 Å². The van der Waals surface area contributed by atoms with Gasteiger partial charge in [0.05, 0.1) is 35.5 Å². The summed E-state index contributed by atoms with van der Waals surface area (Å²) in [6.07, 6.45) is 0. The van der Waals surface area contributed by atoms with Crippen LogP contribution in [0.15, 0.2) is 0 Å². The maximum Gasteiger partial charge on any atom is 0.265 e. The fourth-order valence-electron chi connectivity index (χ4n) is 0.724. The summed E-state index contributed by atoms with van der Waals surface area (Å²) in [5.74, 6) is 0.252. The first-order valence-corrected chi connectivity index (χ1v) is 12.2. The van der Waals surface area contributed by atoms with Gasteiger partial charge < -0.3 is 52.1 Å². The quantitative estimate of drug-likeness (QED) is 0.335. The Bertz CT molecular complexity index is 423. The van der Waals surface area contributed by atoms with Gasteiger partial charge in [0.25, 0.3) is 7.82 Å². The maximum atomic E-state index is 9.90. The first kappa shape index (κ1) is 48.4. The highest BCUT2D eigenvalue weighted by Gasteiger charge is 2.02. The van der Waals surface area contributed by atoms with Crippen LogP contribution in [-0.2, 0) is 27.3 Å². The second-order valence-corrected chi connectivity index (χ2v) is 9.93. The van der Waals surface area contributed by atoms with Crippen LogP contribution in [0, 0.1) is 40.0 Å². The summed E-state index contributed by atoms with van der Waals surface area (Å²) < 4.78 is 41.4. The number of phosphoric acid groups is 3. The lowest BCUT2D eigenvalue weighted by atomic mass is 10.2. The van der Waals surface area contributed by atoms with Crippen LogP contribution in [0.25, 0.3) is 0 Å². The molecular formula is C16H41O12P3-2. The molecule has 31 heavy (non-hydrogen) atoms. The lowest BCUT2D eigenvalue weighted by Gasteiger charge is -2.29. The van der Waals surface area contributed by atoms with Crippen molar-refractivity contribution in [1.29, 1.82) is 0 Å². The Morgan fingerprint density at radius 3 is 0.871 bits per heavy atom. The molecule has 194 valence electrons. The van der Waals surface area contributed by atoms with Crippen molar-refractivity contribution in [3.05, 3.63) is 22.3 Å². The molecule has 15 heteroatoms. The fourth-order valence-corrected chi connectivity index (χ4v) is 2.17. The molecule has 0 aliphatic carbocycles. The van der Waals surface area contributed by atoms with Crippen LogP contribution >= 0.6 is 23.5 Å². The maximum absolute atomic E-state index is 9.90. The van der Waals surface area contributed by atoms with Crippen LogP contribution in [0.4, 0.5) is 0 Å². The van der Waals surface area contributed by atoms with E-state index in [4.69, 9.17) is 4.89 Å². The molecule has 1 atom stereocenters. The van der Waals surface area contributed by atoms with Gasteiger partial charge in [-0.1, -0.05) is 49.0 Å². The van der Waals surface area contributed by atoms with Gasteiger partial charge in [0, 0.05) is 22.3 Å². The predicted octanol–water partition coefficient (Wildman–Crippen LogP) is 1.08. The van der Waals surface area contributed by atoms with Crippen molar-refractivity contribution in [3.63, 3.8) is 0 Å². The highest BCUT2D eigenvalue weighted by atomic mass is 31.2. The Hall–Kier alpha value is -0.0600. The fraction of sp³-hybridized carbons (Fsp3) is 0.812. The standard InChI is InChI=1S/3C4H11O4P.CH4.3CH3/c3*1-4(2)3-8-9(5,6)7;;;;/h3*4H,3H2,1-2H3,(H2,5,6,7);1H4;3*1H3/q;;;;3*+1/p-5. The first-order chi connectivity index (χ1) is 11.7. The molecule has 0 heterocycles. The summed E-state index contributed by atoms with van der Waals surface area (Å²) in [6, 6.07) is 0. The zero-order chi connectivity index (χ0) is 22.5. The Morgan fingerprint density at radius 2 is 0.806 bits per heavy atom. The van der Waals surface area contributed by atoms with E-state index in [0.29, 0.717) is 0 Å². The van der Waals surface area contributed by atoms with Gasteiger partial charge in [-0.15, -0.1) is 0 Å². The van der Waals surface area contributed by atoms with E-state index in [1.165, 1.54) is 0 Å². The van der Waals surface area contributed by atoms with Gasteiger partial charge in [-0.25, -0.2) is 0 Å². The van der Waals surface area contributed by atoms with Gasteiger partial charge in [-0.3, -0.25) is 4.57 Å². The minimum absolute atomic E-state index is 0. The van der Waals surface area contributed by atoms with E-state index in [9.17, 15) is 38.2 Å². The molecule has 0 saturated heterocycles. The monoisotopic (exact) mass is 518 g/mol. The number of hydrogen-bond donors (Lipinski definition) is 1. The van der Waals surface area contributed by atoms with E-state index in [2.05, 4.69) is 13.6 Å². The zero-order valence-electron chi connectivity index (χ0n) is 19.1. The van der Waals surface area contributed by atoms with Crippen molar-refractivity contribution in [1.82, 2.24) is 0 Å². The molecule has 1 N–H and O–H groups in total. The molecule has 0 aliphatic rings. The molecule has 0 spiro atoms. The van der Waals surface area contributed by atoms with E-state index < -0.39 is 23.5 Å². The normalized spacial score (nSPS) is 12.5. The van der Waals surface area contributed by atoms with Crippen molar-refractivity contribution in [3.8, 4) is 0 Å². The highest BCUT2D eigenvalue weighted by molar-refractivity contribution is 7.44. The van der Waals surface area contributed by atoms with E-state index in [1.54, 1.807) is 41.5 Å². The van der Waals surface area contributed by atoms with Gasteiger partial charge in [0.1, 0.15) is 0 Å². The summed E-state index contributed by atoms with van der Waals surface area (Å²) in [7, 11) is -13.9. The zero-order valence-corrected chi connectivity index (χ0v) is 21.8. The van der Waals surface area contributed by atoms with Gasteiger partial charge in [-0.05, 0) is 17.8 Å². The summed E-state index contributed by atoms with van der Waals surface area (Å²) in [4.78, 5) is 57.1. The van der Waals surface area contributed by atoms with E-state index in [-0.39, 0.29) is 67.3 Å². The van der Waals surface area contributed by atoms with Gasteiger partial charge in [0.15, 0.2) is 0 Å². The second kappa shape index (κ2) is 23.1. The molecule has 0 rings (SSSR count). The molecule has 12 nitrogen and oxygen atoms in total. The van der Waals surface area contributed by atoms with Crippen molar-refractivity contribution in [2.24, 2.45) is 17.8 Å². The molecule has 0 aromatic rings. The summed E-state index contributed by atoms with van der Waals surface area (Å²) in [6.45, 7) is 10.6. The van der Waals surface area contributed by atoms with E-state index in [0.717, 1.165) is 0 Å². The summed E-state index contributed by atoms with van der Waals surface area (Å²) >= 11 is 0. The minimum atomic E-state index is -4.72. The second-order valence-electron chi connectivity index (χ2n) is 6.43. The van der Waals surface area contributed by atoms with E-state index >= 15 is 0 Å². The van der Waals surface area contributed by atoms with Crippen LogP contribution in [0.3, 0.4) is 0 Å². The average molecular weight is 518 g/mol. The van der Waals surface area contributed by atoms with Crippen molar-refractivity contribution in [2.45, 2.75) is 49.0 Å². The molecule has 0 saturated carbocycles. The highest BCUT2D eigenvalue weighted by Crippen LogP contribution is 2.30. The number of hydrogen-bond acceptors (Lipinski definition) is 11. The molecule has 0 amide bonds. The van der Waals surface area contributed by atoms with Crippen LogP contribution in [-0.4, -0.2) is 24.7 Å². The minimum Gasteiger partial charge on any atom is -0.790 e. The Morgan fingerprint density at radius 1 is 0.613 bits per heavy atom. The average Bonchev–Trinajstić information content (AvgIpc) is 2.40. The van der Waals surface area contributed by atoms with Crippen LogP contribution in [0.5, 0.6) is 0 Å². The molecular weight excluding hydrogens is 477 g/mol. The van der Waals surface area contributed by atoms with Gasteiger partial charge >= 0.3 is 0 Å². The van der Waals surface area contributed by atoms with Crippen LogP contribution in [0.2, 0.25) is 0 Å². The smallest absolute Gasteiger partial charge is 0.265 e. The summed E-state index contributed by atoms with van der Waals surface area (Å²) in [5.41, 5.74) is 0. The lowest BCUT2D eigenvalue weighted by molar-refractivity contribution is -0.344. The van der Waals surface area contributed by atoms with Crippen LogP contribution < -0.4 is 24.5 Å². The number of rotatable bonds is 9. The predicted molar refractivity (Wildman–Crippen MR) is 113 cm³/mol. The third-order valence-electron chi connectivity index (χ3n) is 1.70. The van der Waals surface area contributed by atoms with Crippen molar-refractivity contribution < 1.29 is 56.6 Å². The number of phosphoric ester groups is 3. The largest absolute Gasteiger partial charge is 0.790 e. The Balaban J connectivity index is -0.0000000524. The van der Waals surface area contributed by atoms with Gasteiger partial charge in [-0.2, -0.15) is 0 Å². The van der Waals surface area contributed by atoms with Crippen molar-refractivity contribution >= 4 is 23.5 Å². The van der Waals surface area contributed by atoms with E-state index in [1.807, 2.05) is 0 Å². The van der Waals surface area contributed by atoms with Gasteiger partial charge in [0.2, 0.25) is 0 Å². The Labute approximate surface area is 189 Å². The molecule has 0 aliphatic heterocycles. The molecule has 0 aromatic heterocycles. The lowest BCUT2D eigenvalue weighted by Crippen LogP contribution is -2.18. The topological polar surface area (TPSA) is 214 Å². The third kappa shape index (κ3) is 72.6. The molecule has 0 aromatic carbocycles. The summed E-state index contributed by atoms with van der Waals surface area (Å²) in [5, 5.41) is 0. The molecule has 0 radical (unpaired) electrons. The SMILES string of the molecule is C.CC(C)COP(=O)([O-])O.CC(C)COP(=O)([O-])[O-].CC(C)COP(=O)([O-])[O-].[CH3+].[CH3+].[CH3+]. The third-order valence-corrected chi connectivity index (χ3v) is 3.11. The van der Waals surface area contributed by atoms with Crippen LogP contribution in [0.1, 0.15) is 49.0 Å².